The number of carbonyl (C=O) groups is 1. The molecule has 0 bridgehead atoms. The Morgan fingerprint density at radius 3 is 1.49 bits per heavy atom. The Balaban J connectivity index is 2.59. The van der Waals surface area contributed by atoms with Gasteiger partial charge in [0, 0.05) is 6.42 Å². The van der Waals surface area contributed by atoms with Gasteiger partial charge in [-0.1, -0.05) is 154 Å². The third-order valence-corrected chi connectivity index (χ3v) is 10.8. The molecule has 0 aromatic carbocycles. The van der Waals surface area contributed by atoms with Crippen molar-refractivity contribution >= 4 is 13.7 Å². The molecule has 1 rings (SSSR count). The predicted octanol–water partition coefficient (Wildman–Crippen LogP) is 6.11. The Kier molecular flexibility index (Phi) is 27.8. The van der Waals surface area contributed by atoms with Gasteiger partial charge in [0.25, 0.3) is 0 Å². The Labute approximate surface area is 308 Å². The number of hydrogen-bond donors (Lipinski definition) is 8. The highest BCUT2D eigenvalue weighted by Gasteiger charge is 2.51. The summed E-state index contributed by atoms with van der Waals surface area (Å²) >= 11 is 0. The van der Waals surface area contributed by atoms with Crippen LogP contribution in [0.15, 0.2) is 12.2 Å². The quantitative estimate of drug-likeness (QED) is 0.0224. The van der Waals surface area contributed by atoms with Crippen molar-refractivity contribution in [2.75, 3.05) is 6.61 Å². The zero-order valence-corrected chi connectivity index (χ0v) is 32.6. The van der Waals surface area contributed by atoms with Crippen LogP contribution in [0.5, 0.6) is 0 Å². The molecule has 13 heteroatoms. The minimum absolute atomic E-state index is 0.217. The number of phosphoric ester groups is 1. The number of aliphatic hydroxyl groups is 6. The van der Waals surface area contributed by atoms with E-state index in [-0.39, 0.29) is 12.3 Å². The van der Waals surface area contributed by atoms with Crippen LogP contribution in [0.4, 0.5) is 0 Å². The van der Waals surface area contributed by atoms with Crippen molar-refractivity contribution in [2.24, 2.45) is 0 Å². The largest absolute Gasteiger partial charge is 0.472 e. The van der Waals surface area contributed by atoms with E-state index in [2.05, 4.69) is 19.2 Å². The number of unbranched alkanes of at least 4 members (excludes halogenated alkanes) is 21. The molecule has 1 aliphatic carbocycles. The lowest BCUT2D eigenvalue weighted by molar-refractivity contribution is -0.220. The molecule has 1 fully saturated rings. The highest BCUT2D eigenvalue weighted by atomic mass is 31.2. The van der Waals surface area contributed by atoms with E-state index in [1.54, 1.807) is 0 Å². The van der Waals surface area contributed by atoms with Gasteiger partial charge in [-0.3, -0.25) is 13.8 Å². The first kappa shape index (κ1) is 48.1. The molecule has 6 unspecified atom stereocenters. The Morgan fingerprint density at radius 2 is 1.04 bits per heavy atom. The summed E-state index contributed by atoms with van der Waals surface area (Å²) in [4.78, 5) is 23.2. The van der Waals surface area contributed by atoms with Crippen LogP contribution in [0, 0.1) is 0 Å². The van der Waals surface area contributed by atoms with Crippen LogP contribution in [0.2, 0.25) is 0 Å². The van der Waals surface area contributed by atoms with Crippen molar-refractivity contribution < 1.29 is 53.9 Å². The molecular weight excluding hydrogens is 677 g/mol. The molecule has 8 N–H and O–H groups in total. The molecule has 51 heavy (non-hydrogen) atoms. The number of hydrogen-bond acceptors (Lipinski definition) is 10. The molecule has 1 saturated carbocycles. The maximum atomic E-state index is 12.8. The average molecular weight is 752 g/mol. The first-order valence-corrected chi connectivity index (χ1v) is 21.6. The Bertz CT molecular complexity index is 926. The van der Waals surface area contributed by atoms with Crippen molar-refractivity contribution in [1.82, 2.24) is 5.32 Å². The van der Waals surface area contributed by atoms with Crippen LogP contribution in [0.1, 0.15) is 168 Å². The fraction of sp³-hybridized carbons (Fsp3) is 0.921. The molecule has 0 aromatic rings. The number of carbonyl (C=O) groups excluding carboxylic acids is 1. The van der Waals surface area contributed by atoms with Crippen LogP contribution in [-0.4, -0.2) is 96.8 Å². The lowest BCUT2D eigenvalue weighted by atomic mass is 9.85. The van der Waals surface area contributed by atoms with E-state index >= 15 is 0 Å². The number of amides is 1. The number of allylic oxidation sites excluding steroid dienone is 1. The van der Waals surface area contributed by atoms with Gasteiger partial charge in [-0.15, -0.1) is 0 Å². The normalized spacial score (nSPS) is 24.8. The first-order chi connectivity index (χ1) is 24.4. The summed E-state index contributed by atoms with van der Waals surface area (Å²) in [5.74, 6) is -0.343. The summed E-state index contributed by atoms with van der Waals surface area (Å²) < 4.78 is 22.8. The number of aliphatic hydroxyl groups excluding tert-OH is 6. The number of rotatable bonds is 32. The van der Waals surface area contributed by atoms with Crippen LogP contribution in [0.3, 0.4) is 0 Å². The number of phosphoric acid groups is 1. The van der Waals surface area contributed by atoms with Gasteiger partial charge in [-0.2, -0.15) is 0 Å². The van der Waals surface area contributed by atoms with Gasteiger partial charge in [-0.05, 0) is 19.3 Å². The average Bonchev–Trinajstić information content (AvgIpc) is 3.11. The molecule has 0 saturated heterocycles. The molecule has 0 spiro atoms. The van der Waals surface area contributed by atoms with Crippen molar-refractivity contribution in [3.05, 3.63) is 12.2 Å². The lowest BCUT2D eigenvalue weighted by Crippen LogP contribution is -2.64. The summed E-state index contributed by atoms with van der Waals surface area (Å²) in [7, 11) is -5.06. The molecule has 12 nitrogen and oxygen atoms in total. The van der Waals surface area contributed by atoms with Gasteiger partial charge >= 0.3 is 7.82 Å². The van der Waals surface area contributed by atoms with Crippen molar-refractivity contribution in [3.8, 4) is 0 Å². The van der Waals surface area contributed by atoms with E-state index in [0.717, 1.165) is 44.9 Å². The Morgan fingerprint density at radius 1 is 0.647 bits per heavy atom. The highest BCUT2D eigenvalue weighted by Crippen LogP contribution is 2.47. The van der Waals surface area contributed by atoms with E-state index in [4.69, 9.17) is 9.05 Å². The van der Waals surface area contributed by atoms with E-state index in [0.29, 0.717) is 6.42 Å². The minimum Gasteiger partial charge on any atom is -0.387 e. The lowest BCUT2D eigenvalue weighted by Gasteiger charge is -2.41. The van der Waals surface area contributed by atoms with Crippen LogP contribution >= 0.6 is 7.82 Å². The van der Waals surface area contributed by atoms with Crippen molar-refractivity contribution in [2.45, 2.75) is 217 Å². The second-order valence-corrected chi connectivity index (χ2v) is 15.9. The fourth-order valence-corrected chi connectivity index (χ4v) is 7.40. The van der Waals surface area contributed by atoms with Gasteiger partial charge in [0.2, 0.25) is 5.91 Å². The highest BCUT2D eigenvalue weighted by molar-refractivity contribution is 7.47. The van der Waals surface area contributed by atoms with E-state index in [1.807, 2.05) is 6.08 Å². The SMILES string of the molecule is CCCCCCCCCCCC/C=C/[C@@H](O)[C@H](COP(=O)(O)OC1C(O)C(O)C(O)[C@@H](O)C1O)NC(=O)CCCCCCCCCCCCCC. The number of nitrogens with one attached hydrogen (secondary N) is 1. The van der Waals surface area contributed by atoms with Crippen LogP contribution in [-0.2, 0) is 18.4 Å². The second kappa shape index (κ2) is 29.4. The second-order valence-electron chi connectivity index (χ2n) is 14.5. The third-order valence-electron chi connectivity index (χ3n) is 9.82. The molecule has 1 amide bonds. The maximum Gasteiger partial charge on any atom is 0.472 e. The summed E-state index contributed by atoms with van der Waals surface area (Å²) in [6.07, 6.45) is 17.2. The van der Waals surface area contributed by atoms with Crippen LogP contribution < -0.4 is 5.32 Å². The molecule has 9 atom stereocenters. The maximum absolute atomic E-state index is 12.8. The molecular formula is C38H74NO11P. The molecule has 302 valence electrons. The Hall–Kier alpha value is -0.920. The van der Waals surface area contributed by atoms with Gasteiger partial charge in [-0.25, -0.2) is 4.57 Å². The molecule has 0 heterocycles. The first-order valence-electron chi connectivity index (χ1n) is 20.1. The molecule has 1 aliphatic rings. The zero-order valence-electron chi connectivity index (χ0n) is 31.7. The van der Waals surface area contributed by atoms with Gasteiger partial charge in [0.1, 0.15) is 36.6 Å². The van der Waals surface area contributed by atoms with Gasteiger partial charge < -0.3 is 40.8 Å². The third kappa shape index (κ3) is 22.2. The van der Waals surface area contributed by atoms with E-state index < -0.39 is 63.2 Å². The van der Waals surface area contributed by atoms with Crippen LogP contribution in [0.25, 0.3) is 0 Å². The fourth-order valence-electron chi connectivity index (χ4n) is 6.43. The van der Waals surface area contributed by atoms with E-state index in [1.165, 1.54) is 102 Å². The minimum atomic E-state index is -5.06. The standard InChI is InChI=1S/C38H74NO11P/c1-3-5-7-9-11-13-15-17-19-21-23-25-27-31(40)30(39-32(41)28-26-24-22-20-18-16-14-12-10-8-6-4-2)29-49-51(47,48)50-38-36(45)34(43)33(42)35(44)37(38)46/h25,27,30-31,33-38,40,42-46H,3-24,26,28-29H2,1-2H3,(H,39,41)(H,47,48)/b27-25+/t30-,31+,33?,34+,35?,36?,37?,38?/m0/s1. The monoisotopic (exact) mass is 751 g/mol. The summed E-state index contributed by atoms with van der Waals surface area (Å²) in [6, 6.07) is -1.11. The van der Waals surface area contributed by atoms with E-state index in [9.17, 15) is 44.9 Å². The predicted molar refractivity (Wildman–Crippen MR) is 200 cm³/mol. The van der Waals surface area contributed by atoms with Crippen molar-refractivity contribution in [1.29, 1.82) is 0 Å². The molecule has 0 radical (unpaired) electrons. The summed E-state index contributed by atoms with van der Waals surface area (Å²) in [6.45, 7) is 3.79. The molecule has 0 aromatic heterocycles. The summed E-state index contributed by atoms with van der Waals surface area (Å²) in [5.41, 5.74) is 0. The van der Waals surface area contributed by atoms with Gasteiger partial charge in [0.15, 0.2) is 0 Å². The topological polar surface area (TPSA) is 206 Å². The molecule has 0 aliphatic heterocycles. The van der Waals surface area contributed by atoms with Crippen molar-refractivity contribution in [3.63, 3.8) is 0 Å². The summed E-state index contributed by atoms with van der Waals surface area (Å²) in [5, 5.41) is 63.7. The van der Waals surface area contributed by atoms with Gasteiger partial charge in [0.05, 0.1) is 18.8 Å². The smallest absolute Gasteiger partial charge is 0.387 e. The zero-order chi connectivity index (χ0) is 37.9.